The number of nitrogens with zero attached hydrogens (tertiary/aromatic N) is 3. The number of rotatable bonds is 3. The molecule has 2 aliphatic carbocycles. The third-order valence-electron chi connectivity index (χ3n) is 6.38. The number of amides is 2. The van der Waals surface area contributed by atoms with E-state index in [4.69, 9.17) is 23.2 Å². The topological polar surface area (TPSA) is 54.7 Å². The Hall–Kier alpha value is -2.37. The Kier molecular flexibility index (Phi) is 4.23. The third-order valence-corrected chi connectivity index (χ3v) is 6.92. The van der Waals surface area contributed by atoms with Crippen LogP contribution in [0.5, 0.6) is 0 Å². The molecule has 4 unspecified atom stereocenters. The van der Waals surface area contributed by atoms with E-state index < -0.39 is 0 Å². The molecule has 1 aliphatic heterocycles. The van der Waals surface area contributed by atoms with Gasteiger partial charge in [-0.3, -0.25) is 9.59 Å². The minimum atomic E-state index is -0.241. The summed E-state index contributed by atoms with van der Waals surface area (Å²) in [4.78, 5) is 25.6. The van der Waals surface area contributed by atoms with E-state index in [-0.39, 0.29) is 35.5 Å². The van der Waals surface area contributed by atoms with Gasteiger partial charge in [-0.05, 0) is 56.4 Å². The fourth-order valence-corrected chi connectivity index (χ4v) is 5.56. The average molecular weight is 428 g/mol. The van der Waals surface area contributed by atoms with Gasteiger partial charge in [-0.1, -0.05) is 35.4 Å². The Balaban J connectivity index is 1.45. The fraction of sp³-hybridized carbons (Fsp3) is 0.318. The lowest BCUT2D eigenvalue weighted by Crippen LogP contribution is -2.28. The van der Waals surface area contributed by atoms with E-state index in [2.05, 4.69) is 17.3 Å². The molecule has 1 saturated heterocycles. The van der Waals surface area contributed by atoms with Crippen molar-refractivity contribution < 1.29 is 9.59 Å². The van der Waals surface area contributed by atoms with Crippen LogP contribution in [0.3, 0.4) is 0 Å². The highest BCUT2D eigenvalue weighted by Gasteiger charge is 2.59. The van der Waals surface area contributed by atoms with E-state index in [0.29, 0.717) is 10.0 Å². The summed E-state index contributed by atoms with van der Waals surface area (Å²) < 4.78 is 2.01. The lowest BCUT2D eigenvalue weighted by Gasteiger charge is -2.13. The number of aromatic nitrogens is 1. The monoisotopic (exact) mass is 427 g/mol. The molecule has 0 N–H and O–H groups in total. The Morgan fingerprint density at radius 2 is 1.69 bits per heavy atom. The quantitative estimate of drug-likeness (QED) is 0.410. The lowest BCUT2D eigenvalue weighted by molar-refractivity contribution is -0.140. The van der Waals surface area contributed by atoms with Gasteiger partial charge in [-0.2, -0.15) is 10.1 Å². The standard InChI is InChI=1S/C22H19Cl2N3O2/c1-11-7-15(12(2)26(11)18-6-5-16(23)9-17(18)24)10-25-27-21(28)19-13-3-4-14(8-13)20(19)22(27)29/h3-7,9-10,13-14,19-20H,8H2,1-2H3. The van der Waals surface area contributed by atoms with Crippen LogP contribution in [0.1, 0.15) is 23.4 Å². The Bertz CT molecular complexity index is 1090. The maximum absolute atomic E-state index is 12.8. The summed E-state index contributed by atoms with van der Waals surface area (Å²) in [5, 5.41) is 6.48. The number of halogens is 2. The smallest absolute Gasteiger partial charge is 0.254 e. The summed E-state index contributed by atoms with van der Waals surface area (Å²) in [6.45, 7) is 3.92. The second-order valence-electron chi connectivity index (χ2n) is 7.99. The number of aryl methyl sites for hydroxylation is 1. The fourth-order valence-electron chi connectivity index (χ4n) is 5.07. The van der Waals surface area contributed by atoms with Crippen molar-refractivity contribution >= 4 is 41.2 Å². The van der Waals surface area contributed by atoms with Gasteiger partial charge in [0.25, 0.3) is 11.8 Å². The van der Waals surface area contributed by atoms with Crippen molar-refractivity contribution in [1.82, 2.24) is 9.58 Å². The highest BCUT2D eigenvalue weighted by Crippen LogP contribution is 2.52. The van der Waals surface area contributed by atoms with Crippen molar-refractivity contribution in [3.8, 4) is 5.69 Å². The van der Waals surface area contributed by atoms with Crippen molar-refractivity contribution in [2.75, 3.05) is 0 Å². The first-order valence-electron chi connectivity index (χ1n) is 9.61. The van der Waals surface area contributed by atoms with Gasteiger partial charge >= 0.3 is 0 Å². The number of hydrogen-bond acceptors (Lipinski definition) is 3. The maximum Gasteiger partial charge on any atom is 0.254 e. The second-order valence-corrected chi connectivity index (χ2v) is 8.83. The van der Waals surface area contributed by atoms with Gasteiger partial charge in [-0.15, -0.1) is 0 Å². The Labute approximate surface area is 178 Å². The van der Waals surface area contributed by atoms with Crippen LogP contribution in [0.2, 0.25) is 10.0 Å². The van der Waals surface area contributed by atoms with Gasteiger partial charge in [0.05, 0.1) is 28.8 Å². The Morgan fingerprint density at radius 3 is 2.31 bits per heavy atom. The van der Waals surface area contributed by atoms with Crippen molar-refractivity contribution in [2.24, 2.45) is 28.8 Å². The average Bonchev–Trinajstić information content (AvgIpc) is 3.40. The minimum Gasteiger partial charge on any atom is -0.316 e. The van der Waals surface area contributed by atoms with E-state index >= 15 is 0 Å². The van der Waals surface area contributed by atoms with Crippen molar-refractivity contribution in [2.45, 2.75) is 20.3 Å². The molecule has 2 aromatic rings. The molecule has 5 nitrogen and oxygen atoms in total. The summed E-state index contributed by atoms with van der Waals surface area (Å²) >= 11 is 12.4. The van der Waals surface area contributed by atoms with Crippen LogP contribution in [0.15, 0.2) is 41.5 Å². The first kappa shape index (κ1) is 18.6. The highest BCUT2D eigenvalue weighted by molar-refractivity contribution is 6.35. The summed E-state index contributed by atoms with van der Waals surface area (Å²) in [6.07, 6.45) is 6.66. The zero-order valence-electron chi connectivity index (χ0n) is 16.0. The molecular formula is C22H19Cl2N3O2. The predicted molar refractivity (Wildman–Crippen MR) is 112 cm³/mol. The zero-order valence-corrected chi connectivity index (χ0v) is 17.5. The van der Waals surface area contributed by atoms with Crippen LogP contribution in [-0.4, -0.2) is 27.6 Å². The first-order valence-corrected chi connectivity index (χ1v) is 10.4. The maximum atomic E-state index is 12.8. The van der Waals surface area contributed by atoms with Crippen LogP contribution >= 0.6 is 23.2 Å². The van der Waals surface area contributed by atoms with Gasteiger partial charge in [0, 0.05) is 22.0 Å². The summed E-state index contributed by atoms with van der Waals surface area (Å²) in [5.74, 6) is -0.479. The number of allylic oxidation sites excluding steroid dienone is 2. The molecule has 2 bridgehead atoms. The largest absolute Gasteiger partial charge is 0.316 e. The van der Waals surface area contributed by atoms with E-state index in [0.717, 1.165) is 34.1 Å². The molecule has 4 atom stereocenters. The number of hydrazone groups is 1. The molecule has 148 valence electrons. The molecule has 5 rings (SSSR count). The molecule has 0 radical (unpaired) electrons. The highest BCUT2D eigenvalue weighted by atomic mass is 35.5. The minimum absolute atomic E-state index is 0.178. The predicted octanol–water partition coefficient (Wildman–Crippen LogP) is 4.54. The molecule has 0 spiro atoms. The zero-order chi connectivity index (χ0) is 20.4. The number of fused-ring (bicyclic) bond motifs is 5. The number of carbonyl (C=O) groups excluding carboxylic acids is 2. The molecular weight excluding hydrogens is 409 g/mol. The molecule has 1 saturated carbocycles. The second kappa shape index (κ2) is 6.57. The van der Waals surface area contributed by atoms with Gasteiger partial charge < -0.3 is 4.57 Å². The number of hydrogen-bond donors (Lipinski definition) is 0. The number of benzene rings is 1. The number of imide groups is 1. The molecule has 7 heteroatoms. The SMILES string of the molecule is Cc1cc(C=NN2C(=O)C3C4C=CC(C4)C3C2=O)c(C)n1-c1ccc(Cl)cc1Cl. The van der Waals surface area contributed by atoms with Crippen molar-refractivity contribution in [1.29, 1.82) is 0 Å². The summed E-state index contributed by atoms with van der Waals surface area (Å²) in [7, 11) is 0. The first-order chi connectivity index (χ1) is 13.9. The van der Waals surface area contributed by atoms with E-state index in [1.807, 2.05) is 30.5 Å². The van der Waals surface area contributed by atoms with Gasteiger partial charge in [0.2, 0.25) is 0 Å². The van der Waals surface area contributed by atoms with E-state index in [1.54, 1.807) is 18.3 Å². The normalized spacial score (nSPS) is 27.7. The summed E-state index contributed by atoms with van der Waals surface area (Å²) in [6, 6.07) is 7.32. The van der Waals surface area contributed by atoms with Gasteiger partial charge in [-0.25, -0.2) is 0 Å². The molecule has 1 aromatic heterocycles. The molecule has 3 aliphatic rings. The van der Waals surface area contributed by atoms with E-state index in [1.165, 1.54) is 0 Å². The van der Waals surface area contributed by atoms with Crippen molar-refractivity contribution in [3.05, 3.63) is 63.4 Å². The van der Waals surface area contributed by atoms with Gasteiger partial charge in [0.1, 0.15) is 0 Å². The lowest BCUT2D eigenvalue weighted by atomic mass is 9.85. The molecule has 2 heterocycles. The summed E-state index contributed by atoms with van der Waals surface area (Å²) in [5.41, 5.74) is 3.52. The molecule has 1 aromatic carbocycles. The molecule has 2 fully saturated rings. The van der Waals surface area contributed by atoms with Crippen LogP contribution in [0.25, 0.3) is 5.69 Å². The molecule has 29 heavy (non-hydrogen) atoms. The van der Waals surface area contributed by atoms with E-state index in [9.17, 15) is 9.59 Å². The third kappa shape index (κ3) is 2.71. The van der Waals surface area contributed by atoms with Crippen LogP contribution in [0, 0.1) is 37.5 Å². The number of carbonyl (C=O) groups is 2. The van der Waals surface area contributed by atoms with Crippen LogP contribution in [0.4, 0.5) is 0 Å². The molecule has 2 amide bonds. The Morgan fingerprint density at radius 1 is 1.03 bits per heavy atom. The van der Waals surface area contributed by atoms with Gasteiger partial charge in [0.15, 0.2) is 0 Å². The van der Waals surface area contributed by atoms with Crippen LogP contribution in [-0.2, 0) is 9.59 Å². The van der Waals surface area contributed by atoms with Crippen LogP contribution < -0.4 is 0 Å². The van der Waals surface area contributed by atoms with Crippen molar-refractivity contribution in [3.63, 3.8) is 0 Å².